The fourth-order valence-corrected chi connectivity index (χ4v) is 3.02. The Bertz CT molecular complexity index is 509. The highest BCUT2D eigenvalue weighted by atomic mass is 16.1. The largest absolute Gasteiger partial charge is 0.300 e. The molecule has 0 aromatic carbocycles. The van der Waals surface area contributed by atoms with Crippen LogP contribution in [0.3, 0.4) is 0 Å². The Balaban J connectivity index is 3.38. The van der Waals surface area contributed by atoms with Crippen LogP contribution in [-0.2, 0) is 4.79 Å². The summed E-state index contributed by atoms with van der Waals surface area (Å²) < 4.78 is 0. The number of hydrogen-bond acceptors (Lipinski definition) is 5. The van der Waals surface area contributed by atoms with Gasteiger partial charge in [-0.1, -0.05) is 13.3 Å². The number of Topliss-reactive ketones (excluding diaryl/α,β-unsaturated/α-hetero) is 1. The lowest BCUT2D eigenvalue weighted by Crippen LogP contribution is -2.63. The van der Waals surface area contributed by atoms with Crippen molar-refractivity contribution in [1.29, 1.82) is 21.0 Å². The van der Waals surface area contributed by atoms with Crippen LogP contribution < -0.4 is 0 Å². The van der Waals surface area contributed by atoms with E-state index in [-0.39, 0.29) is 12.2 Å². The van der Waals surface area contributed by atoms with Gasteiger partial charge in [0.05, 0.1) is 24.3 Å². The first-order chi connectivity index (χ1) is 8.49. The smallest absolute Gasteiger partial charge is 0.179 e. The number of rotatable bonds is 3. The summed E-state index contributed by atoms with van der Waals surface area (Å²) in [4.78, 5) is 11.2. The Morgan fingerprint density at radius 2 is 1.39 bits per heavy atom. The van der Waals surface area contributed by atoms with Crippen LogP contribution in [0, 0.1) is 68.0 Å². The van der Waals surface area contributed by atoms with Gasteiger partial charge in [-0.05, 0) is 12.8 Å². The van der Waals surface area contributed by atoms with Crippen LogP contribution >= 0.6 is 0 Å². The van der Waals surface area contributed by atoms with Crippen molar-refractivity contribution >= 4 is 5.78 Å². The summed E-state index contributed by atoms with van der Waals surface area (Å²) >= 11 is 0. The van der Waals surface area contributed by atoms with Gasteiger partial charge in [0.15, 0.2) is 10.8 Å². The normalized spacial score (nSPS) is 26.6. The lowest BCUT2D eigenvalue weighted by Gasteiger charge is -2.55. The van der Waals surface area contributed by atoms with Gasteiger partial charge in [0.25, 0.3) is 0 Å². The molecule has 2 unspecified atom stereocenters. The van der Waals surface area contributed by atoms with Crippen molar-refractivity contribution in [1.82, 2.24) is 0 Å². The van der Waals surface area contributed by atoms with E-state index >= 15 is 0 Å². The fourth-order valence-electron chi connectivity index (χ4n) is 3.02. The van der Waals surface area contributed by atoms with E-state index < -0.39 is 22.7 Å². The number of ketones is 1. The maximum absolute atomic E-state index is 11.2. The summed E-state index contributed by atoms with van der Waals surface area (Å²) in [6.07, 6.45) is 0.551. The summed E-state index contributed by atoms with van der Waals surface area (Å²) in [7, 11) is 0. The number of carbonyl (C=O) groups is 1. The third-order valence-electron chi connectivity index (χ3n) is 3.87. The lowest BCUT2D eigenvalue weighted by atomic mass is 9.38. The average Bonchev–Trinajstić information content (AvgIpc) is 2.35. The molecule has 5 heteroatoms. The van der Waals surface area contributed by atoms with E-state index in [0.717, 1.165) is 0 Å². The molecule has 1 fully saturated rings. The highest BCUT2D eigenvalue weighted by molar-refractivity contribution is 5.76. The molecule has 0 aromatic rings. The molecule has 0 saturated heterocycles. The fraction of sp³-hybridized carbons (Fsp3) is 0.615. The first-order valence-electron chi connectivity index (χ1n) is 5.64. The molecular formula is C13H12N4O. The van der Waals surface area contributed by atoms with E-state index in [0.29, 0.717) is 6.42 Å². The van der Waals surface area contributed by atoms with Crippen LogP contribution in [0.4, 0.5) is 0 Å². The van der Waals surface area contributed by atoms with Gasteiger partial charge in [0.2, 0.25) is 0 Å². The Hall–Kier alpha value is -2.37. The number of hydrogen-bond donors (Lipinski definition) is 0. The molecule has 0 spiro atoms. The molecule has 5 nitrogen and oxygen atoms in total. The van der Waals surface area contributed by atoms with Gasteiger partial charge in [0, 0.05) is 12.3 Å². The molecule has 1 aliphatic carbocycles. The summed E-state index contributed by atoms with van der Waals surface area (Å²) in [5, 5.41) is 36.9. The summed E-state index contributed by atoms with van der Waals surface area (Å²) in [5.41, 5.74) is -3.31. The van der Waals surface area contributed by atoms with E-state index in [4.69, 9.17) is 0 Å². The van der Waals surface area contributed by atoms with Crippen LogP contribution in [0.1, 0.15) is 26.7 Å². The van der Waals surface area contributed by atoms with E-state index in [9.17, 15) is 25.8 Å². The average molecular weight is 240 g/mol. The molecule has 0 N–H and O–H groups in total. The van der Waals surface area contributed by atoms with Gasteiger partial charge in [-0.25, -0.2) is 0 Å². The molecule has 1 saturated carbocycles. The monoisotopic (exact) mass is 240 g/mol. The number of carbonyl (C=O) groups excluding carboxylic acids is 1. The second kappa shape index (κ2) is 4.48. The summed E-state index contributed by atoms with van der Waals surface area (Å²) in [6.45, 7) is 3.17. The Labute approximate surface area is 106 Å². The van der Waals surface area contributed by atoms with Crippen molar-refractivity contribution in [2.24, 2.45) is 22.7 Å². The van der Waals surface area contributed by atoms with Crippen molar-refractivity contribution in [3.63, 3.8) is 0 Å². The van der Waals surface area contributed by atoms with Crippen molar-refractivity contribution in [2.45, 2.75) is 26.7 Å². The highest BCUT2D eigenvalue weighted by Crippen LogP contribution is 2.66. The summed E-state index contributed by atoms with van der Waals surface area (Å²) in [6, 6.07) is 7.33. The first kappa shape index (κ1) is 13.7. The van der Waals surface area contributed by atoms with Gasteiger partial charge in [-0.2, -0.15) is 21.0 Å². The molecule has 0 aliphatic heterocycles. The zero-order valence-electron chi connectivity index (χ0n) is 10.3. The minimum Gasteiger partial charge on any atom is -0.300 e. The SMILES string of the molecule is CCC1C(CC(C)=O)C(C#N)(C#N)C1(C#N)C#N. The standard InChI is InChI=1S/C13H12N4O/c1-3-10-11(4-9(2)18)13(7-16,8-17)12(10,5-14)6-15/h10-11H,3-4H2,1-2H3. The molecule has 1 aliphatic rings. The quantitative estimate of drug-likeness (QED) is 0.744. The molecule has 2 atom stereocenters. The lowest BCUT2D eigenvalue weighted by molar-refractivity contribution is -0.126. The van der Waals surface area contributed by atoms with Crippen molar-refractivity contribution in [3.05, 3.63) is 0 Å². The maximum Gasteiger partial charge on any atom is 0.179 e. The van der Waals surface area contributed by atoms with Crippen LogP contribution in [0.25, 0.3) is 0 Å². The highest BCUT2D eigenvalue weighted by Gasteiger charge is 2.74. The number of nitriles is 4. The molecule has 0 aromatic heterocycles. The third-order valence-corrected chi connectivity index (χ3v) is 3.87. The van der Waals surface area contributed by atoms with E-state index in [1.165, 1.54) is 6.92 Å². The van der Waals surface area contributed by atoms with Crippen molar-refractivity contribution < 1.29 is 4.79 Å². The maximum atomic E-state index is 11.2. The Morgan fingerprint density at radius 3 is 1.67 bits per heavy atom. The van der Waals surface area contributed by atoms with Crippen LogP contribution in [0.5, 0.6) is 0 Å². The minimum absolute atomic E-state index is 0.0603. The summed E-state index contributed by atoms with van der Waals surface area (Å²) in [5.74, 6) is -1.08. The molecule has 18 heavy (non-hydrogen) atoms. The molecule has 1 rings (SSSR count). The first-order valence-corrected chi connectivity index (χ1v) is 5.64. The van der Waals surface area contributed by atoms with E-state index in [2.05, 4.69) is 0 Å². The molecule has 0 bridgehead atoms. The van der Waals surface area contributed by atoms with E-state index in [1.807, 2.05) is 24.3 Å². The predicted octanol–water partition coefficient (Wildman–Crippen LogP) is 1.69. The molecule has 0 radical (unpaired) electrons. The van der Waals surface area contributed by atoms with Crippen LogP contribution in [0.15, 0.2) is 0 Å². The van der Waals surface area contributed by atoms with Crippen LogP contribution in [0.2, 0.25) is 0 Å². The molecule has 90 valence electrons. The minimum atomic E-state index is -1.69. The van der Waals surface area contributed by atoms with Crippen molar-refractivity contribution in [3.8, 4) is 24.3 Å². The number of nitrogens with zero attached hydrogens (tertiary/aromatic N) is 4. The predicted molar refractivity (Wildman–Crippen MR) is 59.9 cm³/mol. The zero-order valence-corrected chi connectivity index (χ0v) is 10.3. The molecule has 0 heterocycles. The van der Waals surface area contributed by atoms with Gasteiger partial charge in [-0.15, -0.1) is 0 Å². The Morgan fingerprint density at radius 1 is 1.00 bits per heavy atom. The van der Waals surface area contributed by atoms with Crippen molar-refractivity contribution in [2.75, 3.05) is 0 Å². The van der Waals surface area contributed by atoms with Gasteiger partial charge in [0.1, 0.15) is 5.78 Å². The molecule has 0 amide bonds. The second-order valence-corrected chi connectivity index (χ2v) is 4.59. The third kappa shape index (κ3) is 1.32. The zero-order chi connectivity index (χ0) is 14.0. The molecular weight excluding hydrogens is 228 g/mol. The van der Waals surface area contributed by atoms with Gasteiger partial charge >= 0.3 is 0 Å². The van der Waals surface area contributed by atoms with Gasteiger partial charge < -0.3 is 4.79 Å². The topological polar surface area (TPSA) is 112 Å². The second-order valence-electron chi connectivity index (χ2n) is 4.59. The Kier molecular flexibility index (Phi) is 3.41. The van der Waals surface area contributed by atoms with E-state index in [1.54, 1.807) is 6.92 Å². The van der Waals surface area contributed by atoms with Crippen LogP contribution in [-0.4, -0.2) is 5.78 Å². The van der Waals surface area contributed by atoms with Gasteiger partial charge in [-0.3, -0.25) is 0 Å².